The summed E-state index contributed by atoms with van der Waals surface area (Å²) in [6.07, 6.45) is 1.89. The first-order valence-electron chi connectivity index (χ1n) is 5.25. The molecule has 2 aromatic rings. The van der Waals surface area contributed by atoms with E-state index in [1.54, 1.807) is 18.2 Å². The lowest BCUT2D eigenvalue weighted by Crippen LogP contribution is -2.27. The number of aliphatic hydroxyl groups excluding tert-OH is 1. The third kappa shape index (κ3) is 2.99. The lowest BCUT2D eigenvalue weighted by atomic mass is 10.2. The van der Waals surface area contributed by atoms with Gasteiger partial charge in [0.15, 0.2) is 0 Å². The van der Waals surface area contributed by atoms with Crippen LogP contribution in [-0.4, -0.2) is 20.1 Å². The van der Waals surface area contributed by atoms with Crippen LogP contribution in [0.3, 0.4) is 0 Å². The normalized spacial score (nSPS) is 13.7. The fourth-order valence-electron chi connectivity index (χ4n) is 1.40. The second kappa shape index (κ2) is 5.23. The molecule has 2 heterocycles. The molecule has 0 bridgehead atoms. The summed E-state index contributed by atoms with van der Waals surface area (Å²) >= 11 is 1.19. The first-order chi connectivity index (χ1) is 8.49. The van der Waals surface area contributed by atoms with Gasteiger partial charge in [-0.3, -0.25) is 0 Å². The van der Waals surface area contributed by atoms with E-state index in [0.717, 1.165) is 4.88 Å². The molecule has 0 amide bonds. The molecular formula is C11H13NO4S2. The molecule has 0 spiro atoms. The molecule has 2 rings (SSSR count). The molecule has 5 nitrogen and oxygen atoms in total. The average Bonchev–Trinajstić information content (AvgIpc) is 2.96. The molecule has 0 aliphatic carbocycles. The summed E-state index contributed by atoms with van der Waals surface area (Å²) in [5.74, 6) is 0. The molecule has 0 radical (unpaired) electrons. The van der Waals surface area contributed by atoms with Gasteiger partial charge in [0, 0.05) is 17.0 Å². The second-order valence-corrected chi connectivity index (χ2v) is 7.07. The van der Waals surface area contributed by atoms with Crippen molar-refractivity contribution in [2.24, 2.45) is 0 Å². The van der Waals surface area contributed by atoms with Crippen LogP contribution in [0.25, 0.3) is 0 Å². The molecule has 2 N–H and O–H groups in total. The Balaban J connectivity index is 2.02. The first-order valence-corrected chi connectivity index (χ1v) is 7.55. The summed E-state index contributed by atoms with van der Waals surface area (Å²) in [4.78, 5) is 0.922. The molecular weight excluding hydrogens is 274 g/mol. The summed E-state index contributed by atoms with van der Waals surface area (Å²) in [5.41, 5.74) is 0.542. The van der Waals surface area contributed by atoms with E-state index in [9.17, 15) is 13.5 Å². The minimum absolute atomic E-state index is 0.0845. The van der Waals surface area contributed by atoms with Crippen LogP contribution >= 0.6 is 11.3 Å². The van der Waals surface area contributed by atoms with Crippen molar-refractivity contribution in [3.05, 3.63) is 41.2 Å². The van der Waals surface area contributed by atoms with Crippen LogP contribution < -0.4 is 4.72 Å². The summed E-state index contributed by atoms with van der Waals surface area (Å²) in [7, 11) is -3.55. The number of sulfonamides is 1. The number of rotatable bonds is 5. The van der Waals surface area contributed by atoms with Gasteiger partial charge in [0.25, 0.3) is 0 Å². The van der Waals surface area contributed by atoms with E-state index in [0.29, 0.717) is 5.56 Å². The zero-order chi connectivity index (χ0) is 13.2. The molecule has 0 fully saturated rings. The van der Waals surface area contributed by atoms with Gasteiger partial charge in [-0.2, -0.15) is 0 Å². The standard InChI is InChI=1S/C11H13NO4S2/c1-8-2-3-11(17-8)18(14,15)12-6-10(13)9-4-5-16-7-9/h2-5,7,10,12-13H,6H2,1H3/t10-/m1/s1. The highest BCUT2D eigenvalue weighted by atomic mass is 32.2. The minimum Gasteiger partial charge on any atom is -0.472 e. The molecule has 0 saturated carbocycles. The van der Waals surface area contributed by atoms with Gasteiger partial charge in [0.05, 0.1) is 18.6 Å². The zero-order valence-electron chi connectivity index (χ0n) is 9.66. The number of furan rings is 1. The largest absolute Gasteiger partial charge is 0.472 e. The maximum Gasteiger partial charge on any atom is 0.250 e. The Morgan fingerprint density at radius 1 is 1.44 bits per heavy atom. The smallest absolute Gasteiger partial charge is 0.250 e. The van der Waals surface area contributed by atoms with Crippen LogP contribution in [0.1, 0.15) is 16.5 Å². The van der Waals surface area contributed by atoms with E-state index < -0.39 is 16.1 Å². The maximum atomic E-state index is 11.9. The topological polar surface area (TPSA) is 79.5 Å². The fourth-order valence-corrected chi connectivity index (χ4v) is 3.76. The first kappa shape index (κ1) is 13.3. The highest BCUT2D eigenvalue weighted by Crippen LogP contribution is 2.21. The van der Waals surface area contributed by atoms with Gasteiger partial charge in [-0.25, -0.2) is 13.1 Å². The Hall–Kier alpha value is -1.15. The lowest BCUT2D eigenvalue weighted by molar-refractivity contribution is 0.181. The summed E-state index contributed by atoms with van der Waals surface area (Å²) in [6, 6.07) is 4.88. The molecule has 2 aromatic heterocycles. The Morgan fingerprint density at radius 2 is 2.22 bits per heavy atom. The highest BCUT2D eigenvalue weighted by Gasteiger charge is 2.18. The molecule has 0 aliphatic rings. The summed E-state index contributed by atoms with van der Waals surface area (Å²) < 4.78 is 31.2. The molecule has 0 saturated heterocycles. The third-order valence-electron chi connectivity index (χ3n) is 2.38. The van der Waals surface area contributed by atoms with E-state index >= 15 is 0 Å². The van der Waals surface area contributed by atoms with Crippen molar-refractivity contribution in [2.75, 3.05) is 6.54 Å². The van der Waals surface area contributed by atoms with Crippen LogP contribution in [0.5, 0.6) is 0 Å². The van der Waals surface area contributed by atoms with Crippen LogP contribution in [0, 0.1) is 6.92 Å². The van der Waals surface area contributed by atoms with Crippen LogP contribution in [0.4, 0.5) is 0 Å². The van der Waals surface area contributed by atoms with Crippen molar-refractivity contribution in [2.45, 2.75) is 17.2 Å². The van der Waals surface area contributed by atoms with E-state index in [1.807, 2.05) is 6.92 Å². The number of nitrogens with one attached hydrogen (secondary N) is 1. The molecule has 0 unspecified atom stereocenters. The molecule has 1 atom stereocenters. The SMILES string of the molecule is Cc1ccc(S(=O)(=O)NC[C@@H](O)c2ccoc2)s1. The molecule has 18 heavy (non-hydrogen) atoms. The number of aliphatic hydroxyl groups is 1. The highest BCUT2D eigenvalue weighted by molar-refractivity contribution is 7.91. The van der Waals surface area contributed by atoms with Gasteiger partial charge in [-0.05, 0) is 25.1 Å². The van der Waals surface area contributed by atoms with Gasteiger partial charge >= 0.3 is 0 Å². The fraction of sp³-hybridized carbons (Fsp3) is 0.273. The Morgan fingerprint density at radius 3 is 2.78 bits per heavy atom. The number of aryl methyl sites for hydroxylation is 1. The predicted molar refractivity (Wildman–Crippen MR) is 67.9 cm³/mol. The van der Waals surface area contributed by atoms with Crippen molar-refractivity contribution in [1.29, 1.82) is 0 Å². The molecule has 7 heteroatoms. The summed E-state index contributed by atoms with van der Waals surface area (Å²) in [5, 5.41) is 9.74. The Bertz CT molecular complexity index is 601. The predicted octanol–water partition coefficient (Wildman–Crippen LogP) is 1.66. The summed E-state index contributed by atoms with van der Waals surface area (Å²) in [6.45, 7) is 1.75. The monoisotopic (exact) mass is 287 g/mol. The maximum absolute atomic E-state index is 11.9. The van der Waals surface area contributed by atoms with Crippen LogP contribution in [-0.2, 0) is 10.0 Å². The van der Waals surface area contributed by atoms with Gasteiger partial charge in [-0.15, -0.1) is 11.3 Å². The average molecular weight is 287 g/mol. The Kier molecular flexibility index (Phi) is 3.86. The van der Waals surface area contributed by atoms with Gasteiger partial charge < -0.3 is 9.52 Å². The van der Waals surface area contributed by atoms with E-state index in [2.05, 4.69) is 4.72 Å². The second-order valence-electron chi connectivity index (χ2n) is 3.79. The minimum atomic E-state index is -3.55. The van der Waals surface area contributed by atoms with Crippen molar-refractivity contribution in [3.8, 4) is 0 Å². The quantitative estimate of drug-likeness (QED) is 0.876. The molecule has 0 aromatic carbocycles. The van der Waals surface area contributed by atoms with Crippen molar-refractivity contribution in [3.63, 3.8) is 0 Å². The Labute approximate surface area is 109 Å². The van der Waals surface area contributed by atoms with Crippen molar-refractivity contribution < 1.29 is 17.9 Å². The van der Waals surface area contributed by atoms with E-state index in [4.69, 9.17) is 4.42 Å². The van der Waals surface area contributed by atoms with Crippen LogP contribution in [0.2, 0.25) is 0 Å². The molecule has 98 valence electrons. The number of hydrogen-bond acceptors (Lipinski definition) is 5. The third-order valence-corrected chi connectivity index (χ3v) is 5.29. The van der Waals surface area contributed by atoms with Crippen molar-refractivity contribution >= 4 is 21.4 Å². The van der Waals surface area contributed by atoms with Crippen LogP contribution in [0.15, 0.2) is 39.4 Å². The van der Waals surface area contributed by atoms with E-state index in [1.165, 1.54) is 23.9 Å². The molecule has 0 aliphatic heterocycles. The van der Waals surface area contributed by atoms with Gasteiger partial charge in [0.1, 0.15) is 4.21 Å². The van der Waals surface area contributed by atoms with Gasteiger partial charge in [-0.1, -0.05) is 0 Å². The number of thiophene rings is 1. The van der Waals surface area contributed by atoms with E-state index in [-0.39, 0.29) is 10.8 Å². The van der Waals surface area contributed by atoms with Crippen molar-refractivity contribution in [1.82, 2.24) is 4.72 Å². The lowest BCUT2D eigenvalue weighted by Gasteiger charge is -2.09. The zero-order valence-corrected chi connectivity index (χ0v) is 11.3. The van der Waals surface area contributed by atoms with Gasteiger partial charge in [0.2, 0.25) is 10.0 Å². The number of hydrogen-bond donors (Lipinski definition) is 2.